The van der Waals surface area contributed by atoms with Crippen LogP contribution in [-0.2, 0) is 16.6 Å². The van der Waals surface area contributed by atoms with Crippen molar-refractivity contribution in [1.82, 2.24) is 24.4 Å². The fourth-order valence-corrected chi connectivity index (χ4v) is 3.56. The molecule has 3 aromatic rings. The summed E-state index contributed by atoms with van der Waals surface area (Å²) in [4.78, 5) is 8.27. The Morgan fingerprint density at radius 2 is 2.13 bits per heavy atom. The van der Waals surface area contributed by atoms with Gasteiger partial charge in [-0.2, -0.15) is 0 Å². The van der Waals surface area contributed by atoms with Crippen LogP contribution in [0, 0.1) is 13.8 Å². The minimum atomic E-state index is -3.69. The summed E-state index contributed by atoms with van der Waals surface area (Å²) < 4.78 is 34.0. The Hall–Kier alpha value is -2.52. The van der Waals surface area contributed by atoms with Gasteiger partial charge in [0.1, 0.15) is 22.7 Å². The smallest absolute Gasteiger partial charge is 0.246 e. The molecule has 0 atom stereocenters. The molecular formula is C14H15N5O3S. The molecule has 3 aromatic heterocycles. The van der Waals surface area contributed by atoms with Gasteiger partial charge in [-0.15, -0.1) is 0 Å². The maximum Gasteiger partial charge on any atom is 0.246 e. The van der Waals surface area contributed by atoms with Gasteiger partial charge in [0.2, 0.25) is 10.0 Å². The van der Waals surface area contributed by atoms with E-state index in [0.29, 0.717) is 11.5 Å². The second kappa shape index (κ2) is 5.94. The molecule has 3 heterocycles. The van der Waals surface area contributed by atoms with Gasteiger partial charge >= 0.3 is 0 Å². The first-order valence-electron chi connectivity index (χ1n) is 6.83. The number of hydrogen-bond donors (Lipinski definition) is 1. The van der Waals surface area contributed by atoms with E-state index in [9.17, 15) is 8.42 Å². The first-order valence-corrected chi connectivity index (χ1v) is 8.31. The van der Waals surface area contributed by atoms with E-state index in [1.54, 1.807) is 55.5 Å². The Kier molecular flexibility index (Phi) is 3.97. The highest BCUT2D eigenvalue weighted by molar-refractivity contribution is 7.89. The molecule has 0 bridgehead atoms. The Balaban J connectivity index is 1.80. The fraction of sp³-hybridized carbons (Fsp3) is 0.214. The van der Waals surface area contributed by atoms with Crippen LogP contribution in [0.5, 0.6) is 0 Å². The number of aromatic nitrogens is 4. The van der Waals surface area contributed by atoms with E-state index in [1.807, 2.05) is 0 Å². The molecule has 0 aliphatic rings. The van der Waals surface area contributed by atoms with Crippen molar-refractivity contribution >= 4 is 10.0 Å². The van der Waals surface area contributed by atoms with Crippen LogP contribution in [0.25, 0.3) is 5.82 Å². The normalized spacial score (nSPS) is 11.7. The summed E-state index contributed by atoms with van der Waals surface area (Å²) in [6.45, 7) is 3.30. The summed E-state index contributed by atoms with van der Waals surface area (Å²) >= 11 is 0. The lowest BCUT2D eigenvalue weighted by Crippen LogP contribution is -2.24. The lowest BCUT2D eigenvalue weighted by Gasteiger charge is -2.08. The van der Waals surface area contributed by atoms with E-state index in [0.717, 1.165) is 5.56 Å². The van der Waals surface area contributed by atoms with Crippen LogP contribution in [0.2, 0.25) is 0 Å². The van der Waals surface area contributed by atoms with Gasteiger partial charge in [0.25, 0.3) is 0 Å². The molecule has 1 N–H and O–H groups in total. The molecule has 0 saturated carbocycles. The van der Waals surface area contributed by atoms with Crippen molar-refractivity contribution < 1.29 is 12.9 Å². The molecule has 0 spiro atoms. The number of aryl methyl sites for hydroxylation is 2. The highest BCUT2D eigenvalue weighted by atomic mass is 32.2. The minimum absolute atomic E-state index is 0.0846. The summed E-state index contributed by atoms with van der Waals surface area (Å²) in [5.74, 6) is 0.931. The zero-order valence-corrected chi connectivity index (χ0v) is 13.4. The molecule has 0 unspecified atom stereocenters. The number of hydrogen-bond acceptors (Lipinski definition) is 6. The molecule has 120 valence electrons. The third kappa shape index (κ3) is 3.15. The van der Waals surface area contributed by atoms with Crippen LogP contribution in [0.4, 0.5) is 0 Å². The fourth-order valence-electron chi connectivity index (χ4n) is 2.22. The summed E-state index contributed by atoms with van der Waals surface area (Å²) in [6, 6.07) is 3.54. The number of rotatable bonds is 5. The van der Waals surface area contributed by atoms with Crippen molar-refractivity contribution in [3.63, 3.8) is 0 Å². The third-order valence-electron chi connectivity index (χ3n) is 3.28. The van der Waals surface area contributed by atoms with Gasteiger partial charge in [0, 0.05) is 25.1 Å². The van der Waals surface area contributed by atoms with Gasteiger partial charge in [-0.1, -0.05) is 5.16 Å². The van der Waals surface area contributed by atoms with Gasteiger partial charge < -0.3 is 4.52 Å². The monoisotopic (exact) mass is 333 g/mol. The van der Waals surface area contributed by atoms with Gasteiger partial charge in [0.15, 0.2) is 5.76 Å². The second-order valence-corrected chi connectivity index (χ2v) is 6.67. The number of nitrogens with one attached hydrogen (secondary N) is 1. The predicted octanol–water partition coefficient (Wildman–Crippen LogP) is 1.35. The highest BCUT2D eigenvalue weighted by Crippen LogP contribution is 2.19. The molecular weight excluding hydrogens is 318 g/mol. The summed E-state index contributed by atoms with van der Waals surface area (Å²) in [5.41, 5.74) is 1.11. The lowest BCUT2D eigenvalue weighted by molar-refractivity contribution is 0.390. The maximum atomic E-state index is 12.4. The van der Waals surface area contributed by atoms with Crippen LogP contribution in [0.15, 0.2) is 46.5 Å². The maximum absolute atomic E-state index is 12.4. The first-order chi connectivity index (χ1) is 11.0. The Morgan fingerprint density at radius 3 is 2.78 bits per heavy atom. The Labute approximate surface area is 133 Å². The average molecular weight is 333 g/mol. The molecule has 0 aliphatic heterocycles. The minimum Gasteiger partial charge on any atom is -0.360 e. The standard InChI is InChI=1S/C14H15N5O3S/c1-10-14(11(2)22-18-10)23(20,21)17-8-12-3-4-16-13(7-12)19-6-5-15-9-19/h3-7,9,17H,8H2,1-2H3. The van der Waals surface area contributed by atoms with Crippen molar-refractivity contribution in [3.8, 4) is 5.82 Å². The predicted molar refractivity (Wildman–Crippen MR) is 81.4 cm³/mol. The molecule has 9 heteroatoms. The van der Waals surface area contributed by atoms with Crippen molar-refractivity contribution in [3.05, 3.63) is 54.1 Å². The second-order valence-electron chi connectivity index (χ2n) is 4.97. The van der Waals surface area contributed by atoms with Gasteiger partial charge in [-0.25, -0.2) is 23.1 Å². The van der Waals surface area contributed by atoms with Gasteiger partial charge in [-0.05, 0) is 31.5 Å². The van der Waals surface area contributed by atoms with Crippen LogP contribution < -0.4 is 4.72 Å². The van der Waals surface area contributed by atoms with E-state index in [4.69, 9.17) is 4.52 Å². The van der Waals surface area contributed by atoms with E-state index in [2.05, 4.69) is 19.8 Å². The first kappa shape index (κ1) is 15.4. The topological polar surface area (TPSA) is 103 Å². The lowest BCUT2D eigenvalue weighted by atomic mass is 10.2. The van der Waals surface area contributed by atoms with Gasteiger partial charge in [0.05, 0.1) is 0 Å². The zero-order chi connectivity index (χ0) is 16.4. The number of nitrogens with zero attached hydrogens (tertiary/aromatic N) is 4. The van der Waals surface area contributed by atoms with Crippen LogP contribution in [0.3, 0.4) is 0 Å². The van der Waals surface area contributed by atoms with Crippen molar-refractivity contribution in [2.45, 2.75) is 25.3 Å². The average Bonchev–Trinajstić information content (AvgIpc) is 3.16. The molecule has 0 radical (unpaired) electrons. The molecule has 23 heavy (non-hydrogen) atoms. The van der Waals surface area contributed by atoms with Gasteiger partial charge in [-0.3, -0.25) is 4.57 Å². The van der Waals surface area contributed by atoms with E-state index in [1.165, 1.54) is 0 Å². The quantitative estimate of drug-likeness (QED) is 0.756. The van der Waals surface area contributed by atoms with Crippen molar-refractivity contribution in [2.24, 2.45) is 0 Å². The SMILES string of the molecule is Cc1noc(C)c1S(=O)(=O)NCc1ccnc(-n2ccnc2)c1. The Morgan fingerprint density at radius 1 is 1.30 bits per heavy atom. The molecule has 8 nitrogen and oxygen atoms in total. The largest absolute Gasteiger partial charge is 0.360 e. The van der Waals surface area contributed by atoms with Crippen LogP contribution in [0.1, 0.15) is 17.0 Å². The molecule has 0 saturated heterocycles. The van der Waals surface area contributed by atoms with Crippen LogP contribution in [-0.4, -0.2) is 28.1 Å². The molecule has 0 amide bonds. The Bertz CT molecular complexity index is 896. The molecule has 0 aromatic carbocycles. The summed E-state index contributed by atoms with van der Waals surface area (Å²) in [6.07, 6.45) is 6.66. The van der Waals surface area contributed by atoms with Crippen molar-refractivity contribution in [1.29, 1.82) is 0 Å². The zero-order valence-electron chi connectivity index (χ0n) is 12.6. The number of pyridine rings is 1. The number of sulfonamides is 1. The van der Waals surface area contributed by atoms with Crippen LogP contribution >= 0.6 is 0 Å². The summed E-state index contributed by atoms with van der Waals surface area (Å²) in [5, 5.41) is 3.67. The highest BCUT2D eigenvalue weighted by Gasteiger charge is 2.23. The van der Waals surface area contributed by atoms with Crippen molar-refractivity contribution in [2.75, 3.05) is 0 Å². The summed E-state index contributed by atoms with van der Waals surface area (Å²) in [7, 11) is -3.69. The molecule has 3 rings (SSSR count). The third-order valence-corrected chi connectivity index (χ3v) is 4.93. The molecule has 0 aliphatic carbocycles. The number of imidazole rings is 1. The van der Waals surface area contributed by atoms with E-state index in [-0.39, 0.29) is 17.2 Å². The van der Waals surface area contributed by atoms with E-state index < -0.39 is 10.0 Å². The van der Waals surface area contributed by atoms with E-state index >= 15 is 0 Å². The molecule has 0 fully saturated rings.